The first-order valence-corrected chi connectivity index (χ1v) is 4.71. The van der Waals surface area contributed by atoms with Gasteiger partial charge in [0.1, 0.15) is 16.5 Å². The Balaban J connectivity index is 2.87. The fourth-order valence-corrected chi connectivity index (χ4v) is 1.65. The lowest BCUT2D eigenvalue weighted by atomic mass is 10.1. The van der Waals surface area contributed by atoms with Crippen LogP contribution in [-0.2, 0) is 0 Å². The number of hydrogen-bond acceptors (Lipinski definition) is 2. The van der Waals surface area contributed by atoms with E-state index in [0.717, 1.165) is 5.56 Å². The number of rotatable bonds is 1. The molecule has 2 rings (SSSR count). The highest BCUT2D eigenvalue weighted by atomic mass is 35.5. The van der Waals surface area contributed by atoms with Crippen molar-refractivity contribution in [1.82, 2.24) is 4.98 Å². The van der Waals surface area contributed by atoms with Crippen LogP contribution in [0, 0.1) is 12.7 Å². The van der Waals surface area contributed by atoms with Crippen LogP contribution in [0.3, 0.4) is 0 Å². The molecule has 1 aromatic heterocycles. The van der Waals surface area contributed by atoms with E-state index in [-0.39, 0.29) is 16.2 Å². The Kier molecular flexibility index (Phi) is 2.40. The molecule has 0 radical (unpaired) electrons. The predicted molar refractivity (Wildman–Crippen MR) is 56.8 cm³/mol. The molecule has 0 saturated heterocycles. The first kappa shape index (κ1) is 10.1. The highest BCUT2D eigenvalue weighted by Crippen LogP contribution is 2.22. The Bertz CT molecular complexity index is 554. The summed E-state index contributed by atoms with van der Waals surface area (Å²) in [7, 11) is 0. The van der Waals surface area contributed by atoms with Crippen molar-refractivity contribution in [2.24, 2.45) is 0 Å². The maximum Gasteiger partial charge on any atom is 0.153 e. The molecule has 2 aromatic rings. The molecule has 0 aliphatic carbocycles. The van der Waals surface area contributed by atoms with E-state index < -0.39 is 5.82 Å². The minimum Gasteiger partial charge on any atom is -0.298 e. The molecule has 0 atom stereocenters. The summed E-state index contributed by atoms with van der Waals surface area (Å²) in [6, 6.07) is 4.68. The zero-order valence-electron chi connectivity index (χ0n) is 7.92. The summed E-state index contributed by atoms with van der Waals surface area (Å²) in [5, 5.41) is 0.610. The number of nitrogens with zero attached hydrogens (tertiary/aromatic N) is 1. The number of pyridine rings is 1. The van der Waals surface area contributed by atoms with Crippen molar-refractivity contribution in [1.29, 1.82) is 0 Å². The molecule has 0 unspecified atom stereocenters. The highest BCUT2D eigenvalue weighted by molar-refractivity contribution is 6.32. The summed E-state index contributed by atoms with van der Waals surface area (Å²) >= 11 is 5.71. The maximum atomic E-state index is 13.5. The Morgan fingerprint density at radius 1 is 1.40 bits per heavy atom. The molecule has 2 nitrogen and oxygen atoms in total. The second-order valence-electron chi connectivity index (χ2n) is 3.30. The second kappa shape index (κ2) is 3.59. The lowest BCUT2D eigenvalue weighted by Crippen LogP contribution is -1.91. The van der Waals surface area contributed by atoms with E-state index in [0.29, 0.717) is 11.7 Å². The monoisotopic (exact) mass is 223 g/mol. The first-order valence-electron chi connectivity index (χ1n) is 4.33. The Morgan fingerprint density at radius 3 is 2.80 bits per heavy atom. The van der Waals surface area contributed by atoms with E-state index in [2.05, 4.69) is 4.98 Å². The van der Waals surface area contributed by atoms with Crippen LogP contribution >= 0.6 is 11.6 Å². The minimum atomic E-state index is -0.427. The van der Waals surface area contributed by atoms with Gasteiger partial charge in [-0.25, -0.2) is 9.37 Å². The van der Waals surface area contributed by atoms with Crippen LogP contribution in [0.4, 0.5) is 4.39 Å². The molecule has 1 aromatic carbocycles. The van der Waals surface area contributed by atoms with E-state index in [4.69, 9.17) is 11.6 Å². The van der Waals surface area contributed by atoms with Gasteiger partial charge < -0.3 is 0 Å². The summed E-state index contributed by atoms with van der Waals surface area (Å²) in [5.74, 6) is -0.427. The van der Waals surface area contributed by atoms with E-state index >= 15 is 0 Å². The smallest absolute Gasteiger partial charge is 0.153 e. The van der Waals surface area contributed by atoms with Crippen LogP contribution in [0.1, 0.15) is 15.9 Å². The summed E-state index contributed by atoms with van der Waals surface area (Å²) < 4.78 is 13.5. The van der Waals surface area contributed by atoms with Gasteiger partial charge in [0.05, 0.1) is 5.56 Å². The molecule has 0 aliphatic heterocycles. The van der Waals surface area contributed by atoms with Crippen molar-refractivity contribution < 1.29 is 9.18 Å². The van der Waals surface area contributed by atoms with Crippen LogP contribution < -0.4 is 0 Å². The topological polar surface area (TPSA) is 30.0 Å². The second-order valence-corrected chi connectivity index (χ2v) is 3.66. The van der Waals surface area contributed by atoms with Gasteiger partial charge in [-0.15, -0.1) is 0 Å². The third kappa shape index (κ3) is 1.70. The number of aromatic nitrogens is 1. The van der Waals surface area contributed by atoms with Gasteiger partial charge in [0.2, 0.25) is 0 Å². The normalized spacial score (nSPS) is 10.6. The predicted octanol–water partition coefficient (Wildman–Crippen LogP) is 3.15. The number of halogens is 2. The number of carbonyl (C=O) groups is 1. The van der Waals surface area contributed by atoms with Gasteiger partial charge in [-0.1, -0.05) is 11.6 Å². The van der Waals surface area contributed by atoms with Gasteiger partial charge in [0, 0.05) is 5.39 Å². The van der Waals surface area contributed by atoms with Crippen LogP contribution in [0.2, 0.25) is 5.15 Å². The summed E-state index contributed by atoms with van der Waals surface area (Å²) in [4.78, 5) is 14.5. The summed E-state index contributed by atoms with van der Waals surface area (Å²) in [5.41, 5.74) is 1.24. The van der Waals surface area contributed by atoms with Gasteiger partial charge in [-0.2, -0.15) is 0 Å². The largest absolute Gasteiger partial charge is 0.298 e. The zero-order valence-corrected chi connectivity index (χ0v) is 8.68. The summed E-state index contributed by atoms with van der Waals surface area (Å²) in [6.07, 6.45) is 0.606. The average molecular weight is 224 g/mol. The van der Waals surface area contributed by atoms with Crippen LogP contribution in [0.5, 0.6) is 0 Å². The molecule has 0 fully saturated rings. The Labute approximate surface area is 90.7 Å². The van der Waals surface area contributed by atoms with Crippen LogP contribution in [0.25, 0.3) is 10.9 Å². The molecule has 0 amide bonds. The molecule has 0 aliphatic rings. The van der Waals surface area contributed by atoms with Gasteiger partial charge in [0.15, 0.2) is 6.29 Å². The molecule has 0 spiro atoms. The standard InChI is InChI=1S/C11H7ClFNO/c1-6-2-7-4-8(5-15)11(12)14-10(7)9(13)3-6/h2-5H,1H3. The number of aldehydes is 1. The molecular weight excluding hydrogens is 217 g/mol. The van der Waals surface area contributed by atoms with Gasteiger partial charge in [-0.3, -0.25) is 4.79 Å². The quantitative estimate of drug-likeness (QED) is 0.549. The molecule has 76 valence electrons. The van der Waals surface area contributed by atoms with Crippen molar-refractivity contribution >= 4 is 28.8 Å². The first-order chi connectivity index (χ1) is 7.11. The zero-order chi connectivity index (χ0) is 11.0. The lowest BCUT2D eigenvalue weighted by Gasteiger charge is -2.03. The molecular formula is C11H7ClFNO. The average Bonchev–Trinajstić information content (AvgIpc) is 2.18. The van der Waals surface area contributed by atoms with Crippen molar-refractivity contribution in [3.05, 3.63) is 40.3 Å². The molecule has 1 heterocycles. The molecule has 15 heavy (non-hydrogen) atoms. The third-order valence-electron chi connectivity index (χ3n) is 2.12. The molecule has 4 heteroatoms. The van der Waals surface area contributed by atoms with E-state index in [1.54, 1.807) is 13.0 Å². The third-order valence-corrected chi connectivity index (χ3v) is 2.43. The van der Waals surface area contributed by atoms with Crippen molar-refractivity contribution in [3.63, 3.8) is 0 Å². The Hall–Kier alpha value is -1.48. The van der Waals surface area contributed by atoms with Crippen molar-refractivity contribution in [2.75, 3.05) is 0 Å². The fraction of sp³-hybridized carbons (Fsp3) is 0.0909. The number of hydrogen-bond donors (Lipinski definition) is 0. The highest BCUT2D eigenvalue weighted by Gasteiger charge is 2.08. The summed E-state index contributed by atoms with van der Waals surface area (Å²) in [6.45, 7) is 1.78. The van der Waals surface area contributed by atoms with E-state index in [1.807, 2.05) is 0 Å². The van der Waals surface area contributed by atoms with Crippen LogP contribution in [-0.4, -0.2) is 11.3 Å². The SMILES string of the molecule is Cc1cc(F)c2nc(Cl)c(C=O)cc2c1. The maximum absolute atomic E-state index is 13.5. The molecule has 0 saturated carbocycles. The van der Waals surface area contributed by atoms with E-state index in [9.17, 15) is 9.18 Å². The van der Waals surface area contributed by atoms with Gasteiger partial charge in [-0.05, 0) is 30.7 Å². The van der Waals surface area contributed by atoms with Gasteiger partial charge in [0.25, 0.3) is 0 Å². The number of benzene rings is 1. The molecule has 0 N–H and O–H groups in total. The molecule has 0 bridgehead atoms. The van der Waals surface area contributed by atoms with Gasteiger partial charge >= 0.3 is 0 Å². The van der Waals surface area contributed by atoms with Crippen LogP contribution in [0.15, 0.2) is 18.2 Å². The number of fused-ring (bicyclic) bond motifs is 1. The van der Waals surface area contributed by atoms with Crippen molar-refractivity contribution in [2.45, 2.75) is 6.92 Å². The van der Waals surface area contributed by atoms with E-state index in [1.165, 1.54) is 12.1 Å². The van der Waals surface area contributed by atoms with Crippen molar-refractivity contribution in [3.8, 4) is 0 Å². The number of aryl methyl sites for hydroxylation is 1. The minimum absolute atomic E-state index is 0.0280. The lowest BCUT2D eigenvalue weighted by molar-refractivity contribution is 0.112. The number of carbonyl (C=O) groups excluding carboxylic acids is 1. The Morgan fingerprint density at radius 2 is 2.13 bits per heavy atom. The fourth-order valence-electron chi connectivity index (χ4n) is 1.46.